The van der Waals surface area contributed by atoms with E-state index in [0.717, 1.165) is 99.8 Å². The van der Waals surface area contributed by atoms with Gasteiger partial charge >= 0.3 is 0 Å². The summed E-state index contributed by atoms with van der Waals surface area (Å²) in [5.74, 6) is 0. The van der Waals surface area contributed by atoms with Gasteiger partial charge in [-0.15, -0.1) is 0 Å². The quantitative estimate of drug-likeness (QED) is 0.160. The molecule has 3 aromatic heterocycles. The van der Waals surface area contributed by atoms with Crippen molar-refractivity contribution in [3.8, 4) is 73.3 Å². The van der Waals surface area contributed by atoms with Gasteiger partial charge in [0.1, 0.15) is 11.6 Å². The second-order valence-corrected chi connectivity index (χ2v) is 17.3. The first-order chi connectivity index (χ1) is 32.5. The molecule has 0 aliphatic rings. The second-order valence-electron chi connectivity index (χ2n) is 17.3. The highest BCUT2D eigenvalue weighted by molar-refractivity contribution is 6.12. The average Bonchev–Trinajstić information content (AvgIpc) is 3.89. The van der Waals surface area contributed by atoms with E-state index in [9.17, 15) is 5.26 Å². The number of nitriles is 1. The highest BCUT2D eigenvalue weighted by Gasteiger charge is 2.24. The molecule has 0 bridgehead atoms. The molecule has 0 fully saturated rings. The van der Waals surface area contributed by atoms with Crippen LogP contribution in [0.15, 0.2) is 218 Å². The zero-order valence-electron chi connectivity index (χ0n) is 36.6. The minimum Gasteiger partial charge on any atom is -0.308 e. The van der Waals surface area contributed by atoms with Gasteiger partial charge in [0.25, 0.3) is 0 Å². The molecule has 0 saturated carbocycles. The van der Waals surface area contributed by atoms with Gasteiger partial charge in [-0.25, -0.2) is 4.98 Å². The van der Waals surface area contributed by atoms with Gasteiger partial charge in [0.15, 0.2) is 0 Å². The fourth-order valence-electron chi connectivity index (χ4n) is 9.77. The number of hydrogen-bond donors (Lipinski definition) is 0. The summed E-state index contributed by atoms with van der Waals surface area (Å²) in [5.41, 5.74) is 19.2. The van der Waals surface area contributed by atoms with Crippen LogP contribution < -0.4 is 0 Å². The number of aromatic nitrogens is 3. The van der Waals surface area contributed by atoms with E-state index in [0.29, 0.717) is 5.56 Å². The van der Waals surface area contributed by atoms with E-state index >= 15 is 0 Å². The summed E-state index contributed by atoms with van der Waals surface area (Å²) < 4.78 is 4.60. The number of benzene rings is 9. The third-order valence-corrected chi connectivity index (χ3v) is 13.1. The predicted molar refractivity (Wildman–Crippen MR) is 274 cm³/mol. The maximum atomic E-state index is 11.7. The number of aryl methyl sites for hydroxylation is 2. The lowest BCUT2D eigenvalue weighted by Gasteiger charge is -2.19. The molecule has 0 spiro atoms. The van der Waals surface area contributed by atoms with Crippen molar-refractivity contribution in [2.75, 3.05) is 0 Å². The van der Waals surface area contributed by atoms with Crippen molar-refractivity contribution in [1.29, 1.82) is 5.26 Å². The van der Waals surface area contributed by atoms with Gasteiger partial charge in [0, 0.05) is 32.7 Å². The summed E-state index contributed by atoms with van der Waals surface area (Å²) in [6.45, 7) is 4.24. The largest absolute Gasteiger partial charge is 0.308 e. The van der Waals surface area contributed by atoms with Gasteiger partial charge in [-0.1, -0.05) is 169 Å². The Bertz CT molecular complexity index is 3630. The van der Waals surface area contributed by atoms with Crippen LogP contribution in [0.5, 0.6) is 0 Å². The van der Waals surface area contributed by atoms with E-state index in [-0.39, 0.29) is 0 Å². The minimum atomic E-state index is 0.579. The van der Waals surface area contributed by atoms with Crippen LogP contribution in [0, 0.1) is 25.2 Å². The van der Waals surface area contributed by atoms with Gasteiger partial charge in [0.2, 0.25) is 0 Å². The molecule has 0 radical (unpaired) electrons. The van der Waals surface area contributed by atoms with Crippen LogP contribution in [-0.4, -0.2) is 14.1 Å². The Labute approximate surface area is 383 Å². The van der Waals surface area contributed by atoms with Crippen LogP contribution in [0.3, 0.4) is 0 Å². The van der Waals surface area contributed by atoms with Crippen molar-refractivity contribution in [3.63, 3.8) is 0 Å². The molecular formula is C62H42N4. The average molecular weight is 843 g/mol. The molecule has 4 nitrogen and oxygen atoms in total. The van der Waals surface area contributed by atoms with Crippen LogP contribution in [0.25, 0.3) is 111 Å². The van der Waals surface area contributed by atoms with E-state index in [1.54, 1.807) is 0 Å². The van der Waals surface area contributed by atoms with Crippen molar-refractivity contribution < 1.29 is 0 Å². The summed E-state index contributed by atoms with van der Waals surface area (Å²) >= 11 is 0. The SMILES string of the molecule is Cc1ccc(-c2ccc3c(c2)c2ccccc2n3-c2cc(-c3cc(-c4ccccc4)nc(-c4ccccc4)c3)cc(-n3c4ccccc4c4cc(-c5ccc(C)cc5)ccc43)c2C#N)cc1. The smallest absolute Gasteiger partial charge is 0.104 e. The fourth-order valence-corrected chi connectivity index (χ4v) is 9.77. The van der Waals surface area contributed by atoms with Crippen molar-refractivity contribution in [1.82, 2.24) is 14.1 Å². The number of pyridine rings is 1. The molecule has 4 heteroatoms. The topological polar surface area (TPSA) is 46.5 Å². The predicted octanol–water partition coefficient (Wildman–Crippen LogP) is 16.1. The maximum Gasteiger partial charge on any atom is 0.104 e. The molecule has 0 N–H and O–H groups in total. The van der Waals surface area contributed by atoms with Crippen LogP contribution in [0.2, 0.25) is 0 Å². The number of rotatable bonds is 7. The Morgan fingerprint density at radius 2 is 0.712 bits per heavy atom. The summed E-state index contributed by atoms with van der Waals surface area (Å²) in [4.78, 5) is 5.25. The van der Waals surface area contributed by atoms with Crippen molar-refractivity contribution in [2.24, 2.45) is 0 Å². The molecule has 9 aromatic carbocycles. The molecule has 3 heterocycles. The molecule has 12 aromatic rings. The van der Waals surface area contributed by atoms with Gasteiger partial charge < -0.3 is 9.13 Å². The van der Waals surface area contributed by atoms with Gasteiger partial charge in [-0.05, 0) is 108 Å². The zero-order valence-corrected chi connectivity index (χ0v) is 36.6. The third-order valence-electron chi connectivity index (χ3n) is 13.1. The van der Waals surface area contributed by atoms with Gasteiger partial charge in [-0.3, -0.25) is 0 Å². The minimum absolute atomic E-state index is 0.579. The van der Waals surface area contributed by atoms with E-state index < -0.39 is 0 Å². The Morgan fingerprint density at radius 1 is 0.333 bits per heavy atom. The molecule has 0 aliphatic carbocycles. The Hall–Kier alpha value is -8.78. The number of fused-ring (bicyclic) bond motifs is 6. The lowest BCUT2D eigenvalue weighted by Crippen LogP contribution is -2.05. The maximum absolute atomic E-state index is 11.7. The van der Waals surface area contributed by atoms with Crippen molar-refractivity contribution in [3.05, 3.63) is 235 Å². The van der Waals surface area contributed by atoms with E-state index in [1.807, 2.05) is 12.1 Å². The highest BCUT2D eigenvalue weighted by Crippen LogP contribution is 2.42. The Morgan fingerprint density at radius 3 is 1.15 bits per heavy atom. The molecule has 0 saturated heterocycles. The molecule has 12 rings (SSSR count). The monoisotopic (exact) mass is 842 g/mol. The molecule has 0 unspecified atom stereocenters. The first-order valence-electron chi connectivity index (χ1n) is 22.4. The van der Waals surface area contributed by atoms with E-state index in [4.69, 9.17) is 4.98 Å². The number of hydrogen-bond acceptors (Lipinski definition) is 2. The normalized spacial score (nSPS) is 11.5. The first kappa shape index (κ1) is 38.9. The Kier molecular flexibility index (Phi) is 9.29. The molecule has 66 heavy (non-hydrogen) atoms. The summed E-state index contributed by atoms with van der Waals surface area (Å²) in [6.07, 6.45) is 0. The zero-order chi connectivity index (χ0) is 44.3. The molecule has 310 valence electrons. The lowest BCUT2D eigenvalue weighted by atomic mass is 9.97. The Balaban J connectivity index is 1.18. The standard InChI is InChI=1S/C62H42N4/c1-40-21-25-42(26-22-40)46-29-31-59-52(33-46)50-17-9-11-19-57(50)65(59)61-37-49(48-35-55(44-13-5-3-6-14-44)64-56(36-48)45-15-7-4-8-16-45)38-62(54(61)39-63)66-58-20-12-10-18-51(58)53-34-47(30-32-60(53)66)43-27-23-41(2)24-28-43/h3-38H,1-2H3. The fraction of sp³-hybridized carbons (Fsp3) is 0.0323. The van der Waals surface area contributed by atoms with Gasteiger partial charge in [0.05, 0.1) is 44.8 Å². The van der Waals surface area contributed by atoms with Crippen LogP contribution in [-0.2, 0) is 0 Å². The summed E-state index contributed by atoms with van der Waals surface area (Å²) in [7, 11) is 0. The summed E-state index contributed by atoms with van der Waals surface area (Å²) in [6, 6.07) is 80.4. The van der Waals surface area contributed by atoms with Gasteiger partial charge in [-0.2, -0.15) is 5.26 Å². The van der Waals surface area contributed by atoms with Crippen LogP contribution in [0.1, 0.15) is 16.7 Å². The lowest BCUT2D eigenvalue weighted by molar-refractivity contribution is 1.12. The van der Waals surface area contributed by atoms with Crippen LogP contribution >= 0.6 is 0 Å². The molecule has 0 amide bonds. The molecule has 0 atom stereocenters. The number of nitrogens with zero attached hydrogens (tertiary/aromatic N) is 4. The number of para-hydroxylation sites is 2. The van der Waals surface area contributed by atoms with Crippen molar-refractivity contribution >= 4 is 43.6 Å². The third kappa shape index (κ3) is 6.57. The summed E-state index contributed by atoms with van der Waals surface area (Å²) in [5, 5.41) is 16.2. The van der Waals surface area contributed by atoms with Crippen molar-refractivity contribution in [2.45, 2.75) is 13.8 Å². The van der Waals surface area contributed by atoms with E-state index in [2.05, 4.69) is 235 Å². The van der Waals surface area contributed by atoms with E-state index in [1.165, 1.54) is 22.3 Å². The molecule has 0 aliphatic heterocycles. The second kappa shape index (κ2) is 15.8. The first-order valence-corrected chi connectivity index (χ1v) is 22.4. The highest BCUT2D eigenvalue weighted by atomic mass is 15.0. The van der Waals surface area contributed by atoms with Crippen LogP contribution in [0.4, 0.5) is 0 Å². The molecular weight excluding hydrogens is 801 g/mol.